The van der Waals surface area contributed by atoms with Crippen LogP contribution in [-0.2, 0) is 4.79 Å². The average Bonchev–Trinajstić information content (AvgIpc) is 2.44. The van der Waals surface area contributed by atoms with E-state index in [0.717, 1.165) is 6.07 Å². The Bertz CT molecular complexity index is 600. The van der Waals surface area contributed by atoms with Gasteiger partial charge in [0.05, 0.1) is 4.92 Å². The third kappa shape index (κ3) is 3.94. The van der Waals surface area contributed by atoms with Crippen molar-refractivity contribution in [3.05, 3.63) is 33.9 Å². The summed E-state index contributed by atoms with van der Waals surface area (Å²) in [5.41, 5.74) is -0.0199. The predicted octanol–water partition coefficient (Wildman–Crippen LogP) is 1.64. The molecule has 0 radical (unpaired) electrons. The number of rotatable bonds is 6. The topological polar surface area (TPSA) is 113 Å². The van der Waals surface area contributed by atoms with E-state index in [9.17, 15) is 19.7 Å². The largest absolute Gasteiger partial charge is 0.480 e. The van der Waals surface area contributed by atoms with Crippen LogP contribution in [-0.4, -0.2) is 41.0 Å². The Morgan fingerprint density at radius 1 is 1.32 bits per heavy atom. The minimum atomic E-state index is -1.10. The molecule has 0 aliphatic carbocycles. The van der Waals surface area contributed by atoms with Gasteiger partial charge in [-0.15, -0.1) is 0 Å². The van der Waals surface area contributed by atoms with Crippen molar-refractivity contribution in [2.45, 2.75) is 32.9 Å². The number of benzene rings is 1. The number of nitrogens with one attached hydrogen (secondary N) is 1. The van der Waals surface area contributed by atoms with Crippen molar-refractivity contribution in [3.63, 3.8) is 0 Å². The van der Waals surface area contributed by atoms with Crippen molar-refractivity contribution in [2.75, 3.05) is 11.9 Å². The number of nitro benzene ring substituents is 1. The number of likely N-dealkylation sites (N-methyl/N-ethyl adjacent to an activating group) is 1. The molecular weight excluding hydrogens is 290 g/mol. The number of carboxylic acids is 1. The van der Waals surface area contributed by atoms with Crippen LogP contribution in [0.3, 0.4) is 0 Å². The highest BCUT2D eigenvalue weighted by Crippen LogP contribution is 2.29. The van der Waals surface area contributed by atoms with Crippen molar-refractivity contribution in [1.82, 2.24) is 5.32 Å². The van der Waals surface area contributed by atoms with Gasteiger partial charge < -0.3 is 15.3 Å². The summed E-state index contributed by atoms with van der Waals surface area (Å²) in [5, 5.41) is 22.9. The van der Waals surface area contributed by atoms with Crippen LogP contribution in [0.25, 0.3) is 0 Å². The Hall–Kier alpha value is -2.64. The molecule has 1 rings (SSSR count). The number of nitro groups is 1. The zero-order valence-electron chi connectivity index (χ0n) is 12.9. The summed E-state index contributed by atoms with van der Waals surface area (Å²) in [7, 11) is 1.45. The maximum absolute atomic E-state index is 11.9. The highest BCUT2D eigenvalue weighted by molar-refractivity contribution is 5.96. The van der Waals surface area contributed by atoms with Crippen LogP contribution in [0.1, 0.15) is 31.1 Å². The highest BCUT2D eigenvalue weighted by atomic mass is 16.6. The average molecular weight is 309 g/mol. The SMILES string of the molecule is CC(C)NC(=O)c1ccc(N(C)C(C)C(=O)O)c([N+](=O)[O-])c1. The Kier molecular flexibility index (Phi) is 5.44. The molecule has 0 aliphatic rings. The first kappa shape index (κ1) is 17.4. The second-order valence-corrected chi connectivity index (χ2v) is 5.21. The van der Waals surface area contributed by atoms with Gasteiger partial charge in [-0.25, -0.2) is 4.79 Å². The van der Waals surface area contributed by atoms with Gasteiger partial charge in [0.1, 0.15) is 11.7 Å². The summed E-state index contributed by atoms with van der Waals surface area (Å²) in [6, 6.07) is 2.94. The molecule has 0 saturated carbocycles. The second-order valence-electron chi connectivity index (χ2n) is 5.21. The molecule has 1 aromatic carbocycles. The zero-order chi connectivity index (χ0) is 17.0. The van der Waals surface area contributed by atoms with Gasteiger partial charge in [0.25, 0.3) is 11.6 Å². The molecule has 8 heteroatoms. The number of carbonyl (C=O) groups is 2. The lowest BCUT2D eigenvalue weighted by molar-refractivity contribution is -0.384. The number of anilines is 1. The third-order valence-corrected chi connectivity index (χ3v) is 3.17. The van der Waals surface area contributed by atoms with Gasteiger partial charge in [-0.2, -0.15) is 0 Å². The molecule has 22 heavy (non-hydrogen) atoms. The van der Waals surface area contributed by atoms with Gasteiger partial charge in [0, 0.05) is 24.7 Å². The molecule has 0 heterocycles. The zero-order valence-corrected chi connectivity index (χ0v) is 12.9. The molecule has 1 atom stereocenters. The van der Waals surface area contributed by atoms with Gasteiger partial charge in [-0.1, -0.05) is 0 Å². The molecule has 0 aliphatic heterocycles. The van der Waals surface area contributed by atoms with Gasteiger partial charge in [-0.05, 0) is 32.9 Å². The van der Waals surface area contributed by atoms with Gasteiger partial charge in [0.2, 0.25) is 0 Å². The molecule has 1 aromatic rings. The van der Waals surface area contributed by atoms with Gasteiger partial charge >= 0.3 is 5.97 Å². The fraction of sp³-hybridized carbons (Fsp3) is 0.429. The van der Waals surface area contributed by atoms with E-state index in [1.807, 2.05) is 0 Å². The number of nitrogens with zero attached hydrogens (tertiary/aromatic N) is 2. The van der Waals surface area contributed by atoms with Crippen LogP contribution in [0.4, 0.5) is 11.4 Å². The molecule has 0 bridgehead atoms. The maximum Gasteiger partial charge on any atom is 0.326 e. The molecule has 0 saturated heterocycles. The summed E-state index contributed by atoms with van der Waals surface area (Å²) in [5.74, 6) is -1.52. The molecule has 0 spiro atoms. The first-order chi connectivity index (χ1) is 10.1. The fourth-order valence-corrected chi connectivity index (χ4v) is 1.83. The van der Waals surface area contributed by atoms with Crippen LogP contribution in [0.15, 0.2) is 18.2 Å². The van der Waals surface area contributed by atoms with Crippen LogP contribution >= 0.6 is 0 Å². The summed E-state index contributed by atoms with van der Waals surface area (Å²) >= 11 is 0. The van der Waals surface area contributed by atoms with Crippen molar-refractivity contribution < 1.29 is 19.6 Å². The standard InChI is InChI=1S/C14H19N3O5/c1-8(2)15-13(18)10-5-6-11(12(7-10)17(21)22)16(4)9(3)14(19)20/h5-9H,1-4H3,(H,15,18)(H,19,20). The molecule has 120 valence electrons. The minimum Gasteiger partial charge on any atom is -0.480 e. The van der Waals surface area contributed by atoms with Crippen LogP contribution in [0.5, 0.6) is 0 Å². The lowest BCUT2D eigenvalue weighted by Gasteiger charge is -2.23. The monoisotopic (exact) mass is 309 g/mol. The Balaban J connectivity index is 3.24. The van der Waals surface area contributed by atoms with E-state index in [0.29, 0.717) is 0 Å². The predicted molar refractivity (Wildman–Crippen MR) is 81.2 cm³/mol. The van der Waals surface area contributed by atoms with E-state index in [-0.39, 0.29) is 23.0 Å². The van der Waals surface area contributed by atoms with Gasteiger partial charge in [0.15, 0.2) is 0 Å². The second kappa shape index (κ2) is 6.88. The lowest BCUT2D eigenvalue weighted by Crippen LogP contribution is -2.36. The van der Waals surface area contributed by atoms with E-state index in [1.54, 1.807) is 13.8 Å². The first-order valence-electron chi connectivity index (χ1n) is 6.70. The van der Waals surface area contributed by atoms with E-state index >= 15 is 0 Å². The Labute approximate surface area is 127 Å². The summed E-state index contributed by atoms with van der Waals surface area (Å²) in [4.78, 5) is 34.8. The van der Waals surface area contributed by atoms with E-state index < -0.39 is 22.8 Å². The number of carbonyl (C=O) groups excluding carboxylic acids is 1. The summed E-state index contributed by atoms with van der Waals surface area (Å²) < 4.78 is 0. The highest BCUT2D eigenvalue weighted by Gasteiger charge is 2.25. The van der Waals surface area contributed by atoms with E-state index in [2.05, 4.69) is 5.32 Å². The lowest BCUT2D eigenvalue weighted by atomic mass is 10.1. The van der Waals surface area contributed by atoms with Crippen LogP contribution in [0, 0.1) is 10.1 Å². The van der Waals surface area contributed by atoms with Crippen LogP contribution < -0.4 is 10.2 Å². The van der Waals surface area contributed by atoms with Crippen molar-refractivity contribution in [3.8, 4) is 0 Å². The summed E-state index contributed by atoms with van der Waals surface area (Å²) in [6.07, 6.45) is 0. The van der Waals surface area contributed by atoms with E-state index in [4.69, 9.17) is 5.11 Å². The molecule has 0 fully saturated rings. The quantitative estimate of drug-likeness (QED) is 0.610. The molecule has 0 aromatic heterocycles. The summed E-state index contributed by atoms with van der Waals surface area (Å²) in [6.45, 7) is 4.98. The molecular formula is C14H19N3O5. The number of amides is 1. The maximum atomic E-state index is 11.9. The van der Waals surface area contributed by atoms with Crippen LogP contribution in [0.2, 0.25) is 0 Å². The van der Waals surface area contributed by atoms with Crippen molar-refractivity contribution in [2.24, 2.45) is 0 Å². The molecule has 8 nitrogen and oxygen atoms in total. The number of hydrogen-bond acceptors (Lipinski definition) is 5. The smallest absolute Gasteiger partial charge is 0.326 e. The first-order valence-corrected chi connectivity index (χ1v) is 6.70. The molecule has 1 amide bonds. The van der Waals surface area contributed by atoms with E-state index in [1.165, 1.54) is 31.0 Å². The minimum absolute atomic E-state index is 0.0964. The number of carboxylic acid groups (broad SMARTS) is 1. The van der Waals surface area contributed by atoms with Gasteiger partial charge in [-0.3, -0.25) is 14.9 Å². The Morgan fingerprint density at radius 3 is 2.36 bits per heavy atom. The Morgan fingerprint density at radius 2 is 1.91 bits per heavy atom. The normalized spacial score (nSPS) is 11.9. The van der Waals surface area contributed by atoms with Crippen molar-refractivity contribution in [1.29, 1.82) is 0 Å². The number of aliphatic carboxylic acids is 1. The third-order valence-electron chi connectivity index (χ3n) is 3.17. The molecule has 2 N–H and O–H groups in total. The fourth-order valence-electron chi connectivity index (χ4n) is 1.83. The van der Waals surface area contributed by atoms with Crippen molar-refractivity contribution >= 4 is 23.3 Å². The number of hydrogen-bond donors (Lipinski definition) is 2. The molecule has 1 unspecified atom stereocenters.